The summed E-state index contributed by atoms with van der Waals surface area (Å²) in [6.45, 7) is 4.24. The van der Waals surface area contributed by atoms with E-state index in [4.69, 9.17) is 9.84 Å². The third-order valence-corrected chi connectivity index (χ3v) is 2.36. The Hall–Kier alpha value is -1.20. The van der Waals surface area contributed by atoms with Gasteiger partial charge in [0.2, 0.25) is 0 Å². The first-order valence-electron chi connectivity index (χ1n) is 5.97. The van der Waals surface area contributed by atoms with Crippen LogP contribution in [0.5, 0.6) is 5.75 Å². The number of rotatable bonds is 7. The standard InChI is InChI=1S/C13H19F2NO2/c1-9(2)16-12(8-17)3-4-18-13-6-10(14)5-11(15)7-13/h5-7,9,12,16-17H,3-4,8H2,1-2H3. The van der Waals surface area contributed by atoms with Crippen LogP contribution < -0.4 is 10.1 Å². The fourth-order valence-electron chi connectivity index (χ4n) is 1.63. The highest BCUT2D eigenvalue weighted by Crippen LogP contribution is 2.15. The molecule has 1 aromatic carbocycles. The molecular formula is C13H19F2NO2. The van der Waals surface area contributed by atoms with Gasteiger partial charge in [-0.05, 0) is 6.42 Å². The van der Waals surface area contributed by atoms with Gasteiger partial charge in [-0.25, -0.2) is 8.78 Å². The molecule has 0 fully saturated rings. The molecule has 0 saturated heterocycles. The molecule has 0 aliphatic rings. The Kier molecular flexibility index (Phi) is 6.01. The van der Waals surface area contributed by atoms with Crippen molar-refractivity contribution < 1.29 is 18.6 Å². The van der Waals surface area contributed by atoms with Crippen LogP contribution in [0.1, 0.15) is 20.3 Å². The van der Waals surface area contributed by atoms with Gasteiger partial charge >= 0.3 is 0 Å². The second-order valence-electron chi connectivity index (χ2n) is 4.44. The van der Waals surface area contributed by atoms with Gasteiger partial charge in [0.15, 0.2) is 0 Å². The van der Waals surface area contributed by atoms with Gasteiger partial charge in [-0.15, -0.1) is 0 Å². The van der Waals surface area contributed by atoms with Crippen molar-refractivity contribution in [3.8, 4) is 5.75 Å². The van der Waals surface area contributed by atoms with Crippen LogP contribution >= 0.6 is 0 Å². The van der Waals surface area contributed by atoms with Crippen molar-refractivity contribution in [2.75, 3.05) is 13.2 Å². The first-order chi connectivity index (χ1) is 8.51. The summed E-state index contributed by atoms with van der Waals surface area (Å²) in [5, 5.41) is 12.3. The van der Waals surface area contributed by atoms with Crippen molar-refractivity contribution in [3.63, 3.8) is 0 Å². The Balaban J connectivity index is 2.40. The van der Waals surface area contributed by atoms with Crippen LogP contribution in [-0.2, 0) is 0 Å². The molecular weight excluding hydrogens is 240 g/mol. The molecule has 1 atom stereocenters. The minimum atomic E-state index is -0.663. The maximum absolute atomic E-state index is 12.9. The van der Waals surface area contributed by atoms with E-state index in [1.807, 2.05) is 13.8 Å². The first kappa shape index (κ1) is 14.9. The molecule has 1 unspecified atom stereocenters. The summed E-state index contributed by atoms with van der Waals surface area (Å²) in [6, 6.07) is 3.24. The number of hydrogen-bond donors (Lipinski definition) is 2. The quantitative estimate of drug-likeness (QED) is 0.788. The van der Waals surface area contributed by atoms with Gasteiger partial charge in [0.1, 0.15) is 17.4 Å². The van der Waals surface area contributed by atoms with Gasteiger partial charge < -0.3 is 15.2 Å². The SMILES string of the molecule is CC(C)NC(CO)CCOc1cc(F)cc(F)c1. The number of hydrogen-bond acceptors (Lipinski definition) is 3. The van der Waals surface area contributed by atoms with Crippen LogP contribution in [0, 0.1) is 11.6 Å². The smallest absolute Gasteiger partial charge is 0.129 e. The van der Waals surface area contributed by atoms with Crippen molar-refractivity contribution in [1.29, 1.82) is 0 Å². The second-order valence-corrected chi connectivity index (χ2v) is 4.44. The molecule has 2 N–H and O–H groups in total. The van der Waals surface area contributed by atoms with Gasteiger partial charge in [-0.2, -0.15) is 0 Å². The molecule has 0 spiro atoms. The molecule has 1 rings (SSSR count). The fourth-order valence-corrected chi connectivity index (χ4v) is 1.63. The summed E-state index contributed by atoms with van der Waals surface area (Å²) in [6.07, 6.45) is 0.562. The van der Waals surface area contributed by atoms with Gasteiger partial charge in [-0.3, -0.25) is 0 Å². The monoisotopic (exact) mass is 259 g/mol. The average molecular weight is 259 g/mol. The second kappa shape index (κ2) is 7.28. The van der Waals surface area contributed by atoms with Crippen molar-refractivity contribution in [2.24, 2.45) is 0 Å². The lowest BCUT2D eigenvalue weighted by Crippen LogP contribution is -2.38. The molecule has 0 heterocycles. The summed E-state index contributed by atoms with van der Waals surface area (Å²) in [5.41, 5.74) is 0. The number of halogens is 2. The molecule has 102 valence electrons. The maximum Gasteiger partial charge on any atom is 0.129 e. The van der Waals surface area contributed by atoms with Crippen LogP contribution in [0.15, 0.2) is 18.2 Å². The van der Waals surface area contributed by atoms with E-state index in [1.165, 1.54) is 0 Å². The lowest BCUT2D eigenvalue weighted by atomic mass is 10.2. The Labute approximate surface area is 106 Å². The molecule has 18 heavy (non-hydrogen) atoms. The summed E-state index contributed by atoms with van der Waals surface area (Å²) in [4.78, 5) is 0. The molecule has 0 radical (unpaired) electrons. The molecule has 1 aromatic rings. The number of ether oxygens (including phenoxy) is 1. The van der Waals surface area contributed by atoms with E-state index < -0.39 is 11.6 Å². The molecule has 0 amide bonds. The number of aliphatic hydroxyl groups is 1. The predicted molar refractivity (Wildman–Crippen MR) is 65.6 cm³/mol. The van der Waals surface area contributed by atoms with E-state index in [0.29, 0.717) is 6.42 Å². The van der Waals surface area contributed by atoms with Crippen molar-refractivity contribution in [1.82, 2.24) is 5.32 Å². The highest BCUT2D eigenvalue weighted by molar-refractivity contribution is 5.23. The number of aliphatic hydroxyl groups excluding tert-OH is 1. The Morgan fingerprint density at radius 3 is 2.33 bits per heavy atom. The molecule has 0 aliphatic heterocycles. The minimum absolute atomic E-state index is 0.000941. The third-order valence-electron chi connectivity index (χ3n) is 2.36. The van der Waals surface area contributed by atoms with Gasteiger partial charge in [0.25, 0.3) is 0 Å². The first-order valence-corrected chi connectivity index (χ1v) is 5.97. The molecule has 0 bridgehead atoms. The molecule has 0 aromatic heterocycles. The summed E-state index contributed by atoms with van der Waals surface area (Å²) >= 11 is 0. The van der Waals surface area contributed by atoms with Crippen LogP contribution in [0.4, 0.5) is 8.78 Å². The van der Waals surface area contributed by atoms with E-state index >= 15 is 0 Å². The summed E-state index contributed by atoms with van der Waals surface area (Å²) in [5.74, 6) is -1.17. The normalized spacial score (nSPS) is 12.8. The van der Waals surface area contributed by atoms with Crippen LogP contribution in [0.2, 0.25) is 0 Å². The van der Waals surface area contributed by atoms with Crippen molar-refractivity contribution in [2.45, 2.75) is 32.4 Å². The molecule has 5 heteroatoms. The summed E-state index contributed by atoms with van der Waals surface area (Å²) < 4.78 is 31.0. The highest BCUT2D eigenvalue weighted by Gasteiger charge is 2.09. The number of nitrogens with one attached hydrogen (secondary N) is 1. The molecule has 3 nitrogen and oxygen atoms in total. The van der Waals surface area contributed by atoms with Gasteiger partial charge in [-0.1, -0.05) is 13.8 Å². The average Bonchev–Trinajstić information content (AvgIpc) is 2.25. The third kappa shape index (κ3) is 5.42. The van der Waals surface area contributed by atoms with E-state index in [1.54, 1.807) is 0 Å². The van der Waals surface area contributed by atoms with Gasteiger partial charge in [0, 0.05) is 30.3 Å². The zero-order valence-corrected chi connectivity index (χ0v) is 10.6. The van der Waals surface area contributed by atoms with E-state index in [-0.39, 0.29) is 31.0 Å². The molecule has 0 aliphatic carbocycles. The largest absolute Gasteiger partial charge is 0.493 e. The fraction of sp³-hybridized carbons (Fsp3) is 0.538. The Morgan fingerprint density at radius 2 is 1.83 bits per heavy atom. The van der Waals surface area contributed by atoms with Crippen LogP contribution in [0.3, 0.4) is 0 Å². The zero-order valence-electron chi connectivity index (χ0n) is 10.6. The topological polar surface area (TPSA) is 41.5 Å². The molecule has 0 saturated carbocycles. The van der Waals surface area contributed by atoms with E-state index in [2.05, 4.69) is 5.32 Å². The predicted octanol–water partition coefficient (Wildman–Crippen LogP) is 2.09. The van der Waals surface area contributed by atoms with Crippen molar-refractivity contribution in [3.05, 3.63) is 29.8 Å². The zero-order chi connectivity index (χ0) is 13.5. The maximum atomic E-state index is 12.9. The van der Waals surface area contributed by atoms with Crippen LogP contribution in [0.25, 0.3) is 0 Å². The van der Waals surface area contributed by atoms with Crippen molar-refractivity contribution >= 4 is 0 Å². The van der Waals surface area contributed by atoms with E-state index in [0.717, 1.165) is 18.2 Å². The number of benzene rings is 1. The minimum Gasteiger partial charge on any atom is -0.493 e. The Bertz CT molecular complexity index is 352. The highest BCUT2D eigenvalue weighted by atomic mass is 19.1. The lowest BCUT2D eigenvalue weighted by molar-refractivity contribution is 0.202. The lowest BCUT2D eigenvalue weighted by Gasteiger charge is -2.19. The van der Waals surface area contributed by atoms with Gasteiger partial charge in [0.05, 0.1) is 13.2 Å². The van der Waals surface area contributed by atoms with E-state index in [9.17, 15) is 8.78 Å². The van der Waals surface area contributed by atoms with Crippen LogP contribution in [-0.4, -0.2) is 30.4 Å². The Morgan fingerprint density at radius 1 is 1.22 bits per heavy atom. The summed E-state index contributed by atoms with van der Waals surface area (Å²) in [7, 11) is 0.